The van der Waals surface area contributed by atoms with Crippen LogP contribution in [0.2, 0.25) is 25.7 Å². The number of hydrogen-bond donors (Lipinski definition) is 0. The predicted octanol–water partition coefficient (Wildman–Crippen LogP) is 4.40. The summed E-state index contributed by atoms with van der Waals surface area (Å²) in [6.45, 7) is 10.8. The second-order valence-corrected chi connectivity index (χ2v) is 15.9. The maximum absolute atomic E-state index is 12.6. The molecule has 0 unspecified atom stereocenters. The molecule has 0 radical (unpaired) electrons. The van der Waals surface area contributed by atoms with E-state index in [9.17, 15) is 4.79 Å². The molecule has 28 heavy (non-hydrogen) atoms. The van der Waals surface area contributed by atoms with Crippen molar-refractivity contribution in [2.75, 3.05) is 27.1 Å². The highest BCUT2D eigenvalue weighted by Gasteiger charge is 2.54. The number of rotatable bonds is 8. The van der Waals surface area contributed by atoms with Crippen molar-refractivity contribution in [3.63, 3.8) is 0 Å². The third-order valence-corrected chi connectivity index (χ3v) is 8.43. The van der Waals surface area contributed by atoms with Crippen molar-refractivity contribution < 1.29 is 23.7 Å². The van der Waals surface area contributed by atoms with E-state index in [1.165, 1.54) is 5.57 Å². The van der Waals surface area contributed by atoms with Crippen LogP contribution >= 0.6 is 0 Å². The van der Waals surface area contributed by atoms with E-state index in [-0.39, 0.29) is 42.2 Å². The smallest absolute Gasteiger partial charge is 0.312 e. The van der Waals surface area contributed by atoms with Crippen LogP contribution in [0.15, 0.2) is 11.6 Å². The first-order chi connectivity index (χ1) is 13.2. The molecule has 5 atom stereocenters. The van der Waals surface area contributed by atoms with Crippen LogP contribution in [-0.2, 0) is 23.7 Å². The van der Waals surface area contributed by atoms with Gasteiger partial charge in [0.15, 0.2) is 0 Å². The van der Waals surface area contributed by atoms with Crippen molar-refractivity contribution in [1.82, 2.24) is 0 Å². The van der Waals surface area contributed by atoms with Gasteiger partial charge in [0.05, 0.1) is 12.5 Å². The molecule has 1 aliphatic heterocycles. The van der Waals surface area contributed by atoms with Crippen LogP contribution in [0.3, 0.4) is 0 Å². The van der Waals surface area contributed by atoms with Gasteiger partial charge in [-0.25, -0.2) is 0 Å². The van der Waals surface area contributed by atoms with Gasteiger partial charge >= 0.3 is 5.97 Å². The molecule has 0 aromatic heterocycles. The maximum Gasteiger partial charge on any atom is 0.312 e. The first-order valence-corrected chi connectivity index (χ1v) is 14.5. The molecule has 0 aromatic carbocycles. The van der Waals surface area contributed by atoms with Crippen molar-refractivity contribution in [2.45, 2.75) is 76.9 Å². The highest BCUT2D eigenvalue weighted by Crippen LogP contribution is 2.50. The van der Waals surface area contributed by atoms with Crippen molar-refractivity contribution in [2.24, 2.45) is 17.3 Å². The van der Waals surface area contributed by atoms with Crippen LogP contribution in [0.5, 0.6) is 0 Å². The van der Waals surface area contributed by atoms with Gasteiger partial charge < -0.3 is 18.9 Å². The molecule has 1 saturated heterocycles. The summed E-state index contributed by atoms with van der Waals surface area (Å²) in [5.74, 6) is -0.156. The summed E-state index contributed by atoms with van der Waals surface area (Å²) in [7, 11) is 0.538. The van der Waals surface area contributed by atoms with Crippen molar-refractivity contribution in [1.29, 1.82) is 0 Å². The zero-order valence-electron chi connectivity index (χ0n) is 18.3. The summed E-state index contributed by atoms with van der Waals surface area (Å²) in [6.07, 6.45) is 7.25. The maximum atomic E-state index is 12.6. The highest BCUT2D eigenvalue weighted by atomic mass is 28.3. The van der Waals surface area contributed by atoms with Crippen LogP contribution in [0.1, 0.15) is 39.0 Å². The zero-order chi connectivity index (χ0) is 20.4. The minimum absolute atomic E-state index is 0.0161. The molecule has 1 heterocycles. The number of carbonyl (C=O) groups is 1. The Hall–Kier alpha value is -0.693. The molecule has 0 aromatic rings. The Kier molecular flexibility index (Phi) is 7.06. The van der Waals surface area contributed by atoms with Crippen molar-refractivity contribution in [3.8, 4) is 0 Å². The summed E-state index contributed by atoms with van der Waals surface area (Å²) in [4.78, 5) is 12.6. The molecule has 160 valence electrons. The molecule has 2 bridgehead atoms. The first kappa shape index (κ1) is 22.0. The quantitative estimate of drug-likeness (QED) is 0.195. The molecule has 3 aliphatic rings. The normalized spacial score (nSPS) is 35.6. The average molecular weight is 411 g/mol. The van der Waals surface area contributed by atoms with Crippen molar-refractivity contribution >= 4 is 14.0 Å². The SMILES string of the molecule is COC[C@@H]1C(=O)O[C@@H]2[C@H]1CCC1=CCC[C@](C)(C1)[C@H]2OCOCC[Si](C)(C)C. The van der Waals surface area contributed by atoms with Gasteiger partial charge in [-0.05, 0) is 38.1 Å². The van der Waals surface area contributed by atoms with E-state index in [2.05, 4.69) is 32.6 Å². The summed E-state index contributed by atoms with van der Waals surface area (Å²) in [5.41, 5.74) is 1.49. The lowest BCUT2D eigenvalue weighted by molar-refractivity contribution is -0.183. The summed E-state index contributed by atoms with van der Waals surface area (Å²) < 4.78 is 23.5. The van der Waals surface area contributed by atoms with E-state index in [1.54, 1.807) is 7.11 Å². The van der Waals surface area contributed by atoms with Crippen LogP contribution in [0, 0.1) is 17.3 Å². The fourth-order valence-electron chi connectivity index (χ4n) is 5.06. The summed E-state index contributed by atoms with van der Waals surface area (Å²) >= 11 is 0. The van der Waals surface area contributed by atoms with Crippen LogP contribution < -0.4 is 0 Å². The molecule has 2 fully saturated rings. The van der Waals surface area contributed by atoms with Gasteiger partial charge in [-0.15, -0.1) is 0 Å². The lowest BCUT2D eigenvalue weighted by Crippen LogP contribution is -2.49. The van der Waals surface area contributed by atoms with Crippen LogP contribution in [0.25, 0.3) is 0 Å². The van der Waals surface area contributed by atoms with E-state index >= 15 is 0 Å². The number of ether oxygens (including phenoxy) is 4. The Morgan fingerprint density at radius 1 is 1.32 bits per heavy atom. The van der Waals surface area contributed by atoms with Gasteiger partial charge in [0.1, 0.15) is 19.0 Å². The Morgan fingerprint density at radius 3 is 2.82 bits per heavy atom. The van der Waals surface area contributed by atoms with Gasteiger partial charge in [0, 0.05) is 33.1 Å². The highest BCUT2D eigenvalue weighted by molar-refractivity contribution is 6.76. The third kappa shape index (κ3) is 5.07. The Morgan fingerprint density at radius 2 is 2.11 bits per heavy atom. The van der Waals surface area contributed by atoms with Gasteiger partial charge in [0.2, 0.25) is 0 Å². The second kappa shape index (κ2) is 8.98. The topological polar surface area (TPSA) is 54.0 Å². The van der Waals surface area contributed by atoms with Gasteiger partial charge in [-0.1, -0.05) is 38.2 Å². The number of fused-ring (bicyclic) bond motifs is 3. The van der Waals surface area contributed by atoms with Gasteiger partial charge in [-0.2, -0.15) is 0 Å². The Bertz CT molecular complexity index is 584. The Labute approximate surface area is 171 Å². The molecule has 1 saturated carbocycles. The van der Waals surface area contributed by atoms with Gasteiger partial charge in [0.25, 0.3) is 0 Å². The lowest BCUT2D eigenvalue weighted by atomic mass is 9.64. The molecule has 0 N–H and O–H groups in total. The molecule has 5 nitrogen and oxygen atoms in total. The number of methoxy groups -OCH3 is 1. The molecule has 0 spiro atoms. The van der Waals surface area contributed by atoms with E-state index in [0.29, 0.717) is 6.61 Å². The van der Waals surface area contributed by atoms with Gasteiger partial charge in [-0.3, -0.25) is 4.79 Å². The van der Waals surface area contributed by atoms with E-state index in [0.717, 1.165) is 44.8 Å². The van der Waals surface area contributed by atoms with Crippen molar-refractivity contribution in [3.05, 3.63) is 11.6 Å². The van der Waals surface area contributed by atoms with E-state index in [4.69, 9.17) is 18.9 Å². The average Bonchev–Trinajstić information content (AvgIpc) is 2.90. The number of esters is 1. The standard InChI is InChI=1S/C22H38O5Si/c1-22-10-6-7-16(13-22)8-9-17-18(14-24-2)21(23)27-19(17)20(22)26-15-25-11-12-28(3,4)5/h7,17-20H,6,8-15H2,1-5H3/t17-,18-,19+,20-,22+/m0/s1. The lowest BCUT2D eigenvalue weighted by Gasteiger charge is -2.45. The third-order valence-electron chi connectivity index (χ3n) is 6.73. The zero-order valence-corrected chi connectivity index (χ0v) is 19.3. The summed E-state index contributed by atoms with van der Waals surface area (Å²) in [5, 5.41) is 0. The molecule has 0 amide bonds. The largest absolute Gasteiger partial charge is 0.459 e. The minimum Gasteiger partial charge on any atom is -0.459 e. The molecule has 2 aliphatic carbocycles. The van der Waals surface area contributed by atoms with Crippen LogP contribution in [-0.4, -0.2) is 53.4 Å². The monoisotopic (exact) mass is 410 g/mol. The summed E-state index contributed by atoms with van der Waals surface area (Å²) in [6, 6.07) is 1.13. The number of hydrogen-bond acceptors (Lipinski definition) is 5. The minimum atomic E-state index is -1.12. The molecule has 3 rings (SSSR count). The predicted molar refractivity (Wildman–Crippen MR) is 112 cm³/mol. The fraction of sp³-hybridized carbons (Fsp3) is 0.864. The second-order valence-electron chi connectivity index (χ2n) is 10.3. The number of allylic oxidation sites excluding steroid dienone is 2. The van der Waals surface area contributed by atoms with Crippen LogP contribution in [0.4, 0.5) is 0 Å². The van der Waals surface area contributed by atoms with E-state index < -0.39 is 8.07 Å². The van der Waals surface area contributed by atoms with E-state index in [1.807, 2.05) is 0 Å². The molecular formula is C22H38O5Si. The molecule has 6 heteroatoms. The Balaban J connectivity index is 1.73. The first-order valence-electron chi connectivity index (χ1n) is 10.8. The molecular weight excluding hydrogens is 372 g/mol. The number of carbonyl (C=O) groups excluding carboxylic acids is 1. The fourth-order valence-corrected chi connectivity index (χ4v) is 5.81.